The topological polar surface area (TPSA) is 56.3 Å². The summed E-state index contributed by atoms with van der Waals surface area (Å²) in [7, 11) is 0. The van der Waals surface area contributed by atoms with Gasteiger partial charge >= 0.3 is 5.88 Å². The molecule has 0 radical (unpaired) electrons. The van der Waals surface area contributed by atoms with Crippen LogP contribution in [-0.4, -0.2) is 4.92 Å². The van der Waals surface area contributed by atoms with Gasteiger partial charge in [-0.15, -0.1) is 0 Å². The minimum absolute atomic E-state index is 0.0679. The molecule has 0 N–H and O–H groups in total. The van der Waals surface area contributed by atoms with Crippen molar-refractivity contribution in [1.82, 2.24) is 0 Å². The van der Waals surface area contributed by atoms with Gasteiger partial charge in [-0.3, -0.25) is 10.1 Å². The minimum atomic E-state index is -0.527. The van der Waals surface area contributed by atoms with E-state index in [4.69, 9.17) is 4.42 Å². The average Bonchev–Trinajstić information content (AvgIpc) is 2.83. The Labute approximate surface area is 119 Å². The van der Waals surface area contributed by atoms with Crippen molar-refractivity contribution < 1.29 is 9.34 Å². The highest BCUT2D eigenvalue weighted by molar-refractivity contribution is 9.09. The van der Waals surface area contributed by atoms with Crippen molar-refractivity contribution in [3.05, 3.63) is 62.9 Å². The molecule has 0 aliphatic carbocycles. The highest BCUT2D eigenvalue weighted by atomic mass is 79.9. The Kier molecular flexibility index (Phi) is 4.04. The van der Waals surface area contributed by atoms with E-state index in [0.29, 0.717) is 5.76 Å². The molecule has 100 valence electrons. The summed E-state index contributed by atoms with van der Waals surface area (Å²) in [5, 5.41) is 10.6. The molecule has 4 nitrogen and oxygen atoms in total. The molecule has 0 fully saturated rings. The Hall–Kier alpha value is -1.62. The van der Waals surface area contributed by atoms with Gasteiger partial charge in [-0.2, -0.15) is 0 Å². The number of hydrogen-bond donors (Lipinski definition) is 0. The van der Waals surface area contributed by atoms with Gasteiger partial charge in [0.05, 0.1) is 10.9 Å². The standard InChI is InChI=1S/C14H14BrNO3/c1-9-3-4-10(2)11(7-9)8-12(15)13-5-6-14(19-13)16(17)18/h3-7,12H,8H2,1-2H3. The Morgan fingerprint density at radius 3 is 2.68 bits per heavy atom. The summed E-state index contributed by atoms with van der Waals surface area (Å²) in [6, 6.07) is 9.30. The van der Waals surface area contributed by atoms with Gasteiger partial charge in [0.25, 0.3) is 0 Å². The predicted octanol–water partition coefficient (Wildman–Crippen LogP) is 4.48. The van der Waals surface area contributed by atoms with Crippen LogP contribution in [0.1, 0.15) is 27.3 Å². The van der Waals surface area contributed by atoms with Crippen LogP contribution in [0.15, 0.2) is 34.7 Å². The van der Waals surface area contributed by atoms with Crippen molar-refractivity contribution in [2.24, 2.45) is 0 Å². The van der Waals surface area contributed by atoms with Gasteiger partial charge in [-0.05, 0) is 37.5 Å². The van der Waals surface area contributed by atoms with Crippen LogP contribution in [0.5, 0.6) is 0 Å². The van der Waals surface area contributed by atoms with Gasteiger partial charge in [0.15, 0.2) is 0 Å². The van der Waals surface area contributed by atoms with Crippen molar-refractivity contribution >= 4 is 21.8 Å². The quantitative estimate of drug-likeness (QED) is 0.473. The van der Waals surface area contributed by atoms with Gasteiger partial charge < -0.3 is 4.42 Å². The van der Waals surface area contributed by atoms with E-state index in [9.17, 15) is 10.1 Å². The average molecular weight is 324 g/mol. The smallest absolute Gasteiger partial charge is 0.405 e. The fourth-order valence-corrected chi connectivity index (χ4v) is 2.52. The summed E-state index contributed by atoms with van der Waals surface area (Å²) in [6.07, 6.45) is 0.734. The van der Waals surface area contributed by atoms with Crippen LogP contribution in [-0.2, 0) is 6.42 Å². The number of nitrogens with zero attached hydrogens (tertiary/aromatic N) is 1. The summed E-state index contributed by atoms with van der Waals surface area (Å²) in [5.41, 5.74) is 3.61. The second kappa shape index (κ2) is 5.57. The maximum Gasteiger partial charge on any atom is 0.433 e. The van der Waals surface area contributed by atoms with E-state index in [-0.39, 0.29) is 10.7 Å². The molecule has 0 bridgehead atoms. The predicted molar refractivity (Wildman–Crippen MR) is 76.7 cm³/mol. The zero-order valence-electron chi connectivity index (χ0n) is 10.7. The number of alkyl halides is 1. The summed E-state index contributed by atoms with van der Waals surface area (Å²) in [5.74, 6) is 0.355. The first-order chi connectivity index (χ1) is 8.97. The summed E-state index contributed by atoms with van der Waals surface area (Å²) < 4.78 is 5.20. The van der Waals surface area contributed by atoms with E-state index in [1.807, 2.05) is 6.92 Å². The molecule has 0 aliphatic rings. The van der Waals surface area contributed by atoms with E-state index in [1.54, 1.807) is 6.07 Å². The van der Waals surface area contributed by atoms with Crippen LogP contribution >= 0.6 is 15.9 Å². The highest BCUT2D eigenvalue weighted by Gasteiger charge is 2.18. The van der Waals surface area contributed by atoms with Crippen molar-refractivity contribution in [3.63, 3.8) is 0 Å². The van der Waals surface area contributed by atoms with Crippen LogP contribution in [0, 0.1) is 24.0 Å². The van der Waals surface area contributed by atoms with E-state index in [1.165, 1.54) is 22.8 Å². The van der Waals surface area contributed by atoms with Crippen molar-refractivity contribution in [2.45, 2.75) is 25.1 Å². The second-order valence-electron chi connectivity index (χ2n) is 4.53. The summed E-state index contributed by atoms with van der Waals surface area (Å²) >= 11 is 3.53. The van der Waals surface area contributed by atoms with E-state index < -0.39 is 4.92 Å². The van der Waals surface area contributed by atoms with Crippen molar-refractivity contribution in [1.29, 1.82) is 0 Å². The van der Waals surface area contributed by atoms with E-state index >= 15 is 0 Å². The first-order valence-electron chi connectivity index (χ1n) is 5.91. The second-order valence-corrected chi connectivity index (χ2v) is 5.64. The summed E-state index contributed by atoms with van der Waals surface area (Å²) in [4.78, 5) is 10.00. The number of aryl methyl sites for hydroxylation is 2. The molecule has 1 aromatic heterocycles. The first kappa shape index (κ1) is 13.8. The van der Waals surface area contributed by atoms with Crippen molar-refractivity contribution in [2.75, 3.05) is 0 Å². The Bertz CT molecular complexity index is 606. The minimum Gasteiger partial charge on any atom is -0.405 e. The van der Waals surface area contributed by atoms with Crippen LogP contribution < -0.4 is 0 Å². The fourth-order valence-electron chi connectivity index (χ4n) is 1.92. The molecule has 2 rings (SSSR count). The third kappa shape index (κ3) is 3.23. The molecule has 0 amide bonds. The lowest BCUT2D eigenvalue weighted by molar-refractivity contribution is -0.402. The number of hydrogen-bond acceptors (Lipinski definition) is 3. The molecule has 5 heteroatoms. The molecule has 0 spiro atoms. The first-order valence-corrected chi connectivity index (χ1v) is 6.83. The Balaban J connectivity index is 2.17. The normalized spacial score (nSPS) is 12.4. The van der Waals surface area contributed by atoms with Crippen LogP contribution in [0.2, 0.25) is 0 Å². The Morgan fingerprint density at radius 2 is 2.05 bits per heavy atom. The number of furan rings is 1. The number of rotatable bonds is 4. The molecule has 0 saturated heterocycles. The molecule has 0 aliphatic heterocycles. The van der Waals surface area contributed by atoms with Gasteiger partial charge in [0, 0.05) is 0 Å². The van der Waals surface area contributed by atoms with Gasteiger partial charge in [-0.25, -0.2) is 0 Å². The SMILES string of the molecule is Cc1ccc(C)c(CC(Br)c2ccc([N+](=O)[O-])o2)c1. The Morgan fingerprint density at radius 1 is 1.32 bits per heavy atom. The molecule has 1 aromatic carbocycles. The lowest BCUT2D eigenvalue weighted by Gasteiger charge is -2.10. The van der Waals surface area contributed by atoms with E-state index in [0.717, 1.165) is 6.42 Å². The molecule has 2 aromatic rings. The maximum atomic E-state index is 10.6. The number of nitro groups is 1. The monoisotopic (exact) mass is 323 g/mol. The number of halogens is 1. The number of benzene rings is 1. The molecule has 1 unspecified atom stereocenters. The zero-order valence-corrected chi connectivity index (χ0v) is 12.3. The lowest BCUT2D eigenvalue weighted by Crippen LogP contribution is -1.97. The molecule has 1 heterocycles. The fraction of sp³-hybridized carbons (Fsp3) is 0.286. The van der Waals surface area contributed by atoms with Gasteiger partial charge in [-0.1, -0.05) is 39.7 Å². The lowest BCUT2D eigenvalue weighted by atomic mass is 10.0. The largest absolute Gasteiger partial charge is 0.433 e. The molecule has 0 saturated carbocycles. The zero-order chi connectivity index (χ0) is 14.0. The van der Waals surface area contributed by atoms with E-state index in [2.05, 4.69) is 41.1 Å². The molecular weight excluding hydrogens is 310 g/mol. The molecule has 1 atom stereocenters. The van der Waals surface area contributed by atoms with Crippen LogP contribution in [0.25, 0.3) is 0 Å². The van der Waals surface area contributed by atoms with Crippen molar-refractivity contribution in [3.8, 4) is 0 Å². The molecule has 19 heavy (non-hydrogen) atoms. The van der Waals surface area contributed by atoms with Gasteiger partial charge in [0.2, 0.25) is 0 Å². The van der Waals surface area contributed by atoms with Gasteiger partial charge in [0.1, 0.15) is 10.7 Å². The highest BCUT2D eigenvalue weighted by Crippen LogP contribution is 2.31. The van der Waals surface area contributed by atoms with Crippen LogP contribution in [0.3, 0.4) is 0 Å². The molecular formula is C14H14BrNO3. The third-order valence-corrected chi connectivity index (χ3v) is 3.78. The third-order valence-electron chi connectivity index (χ3n) is 3.01. The summed E-state index contributed by atoms with van der Waals surface area (Å²) in [6.45, 7) is 4.10. The van der Waals surface area contributed by atoms with Crippen LogP contribution in [0.4, 0.5) is 5.88 Å². The maximum absolute atomic E-state index is 10.6.